The Morgan fingerprint density at radius 1 is 1.06 bits per heavy atom. The Kier molecular flexibility index (Phi) is 10.4. The molecule has 0 bridgehead atoms. The molecule has 3 rings (SSSR count). The van der Waals surface area contributed by atoms with Gasteiger partial charge in [0.1, 0.15) is 0 Å². The highest BCUT2D eigenvalue weighted by Gasteiger charge is 2.50. The molecule has 0 aliphatic heterocycles. The lowest BCUT2D eigenvalue weighted by molar-refractivity contribution is -0.0597. The van der Waals surface area contributed by atoms with Gasteiger partial charge in [-0.15, -0.1) is 0 Å². The number of hydrogen-bond acceptors (Lipinski definition) is 1. The topological polar surface area (TPSA) is 9.23 Å². The normalized spacial score (nSPS) is 38.4. The Labute approximate surface area is 226 Å². The minimum Gasteiger partial charge on any atom is -0.371 e. The van der Waals surface area contributed by atoms with Crippen molar-refractivity contribution in [1.82, 2.24) is 0 Å². The van der Waals surface area contributed by atoms with Gasteiger partial charge in [-0.25, -0.2) is 0 Å². The number of allylic oxidation sites excluding steroid dienone is 3. The second kappa shape index (κ2) is 12.5. The summed E-state index contributed by atoms with van der Waals surface area (Å²) in [5.74, 6) is 5.00. The van der Waals surface area contributed by atoms with Crippen molar-refractivity contribution in [3.05, 3.63) is 23.8 Å². The Balaban J connectivity index is 1.74. The molecule has 208 valence electrons. The van der Waals surface area contributed by atoms with Gasteiger partial charge >= 0.3 is 0 Å². The third-order valence-electron chi connectivity index (χ3n) is 11.5. The first kappa shape index (κ1) is 30.0. The molecule has 0 radical (unpaired) electrons. The molecule has 0 amide bonds. The first-order valence-corrected chi connectivity index (χ1v) is 15.9. The van der Waals surface area contributed by atoms with Gasteiger partial charge in [0.2, 0.25) is 0 Å². The summed E-state index contributed by atoms with van der Waals surface area (Å²) in [6.45, 7) is 22.8. The van der Waals surface area contributed by atoms with Crippen molar-refractivity contribution in [3.8, 4) is 0 Å². The molecule has 4 unspecified atom stereocenters. The first-order chi connectivity index (χ1) is 16.9. The van der Waals surface area contributed by atoms with Crippen LogP contribution in [0.3, 0.4) is 0 Å². The van der Waals surface area contributed by atoms with Crippen molar-refractivity contribution >= 4 is 0 Å². The van der Waals surface area contributed by atoms with Crippen LogP contribution in [0, 0.1) is 46.3 Å². The Bertz CT molecular complexity index is 744. The van der Waals surface area contributed by atoms with E-state index in [0.717, 1.165) is 36.2 Å². The van der Waals surface area contributed by atoms with Gasteiger partial charge in [-0.3, -0.25) is 0 Å². The molecule has 0 heterocycles. The minimum absolute atomic E-state index is 0.0500. The van der Waals surface area contributed by atoms with Gasteiger partial charge in [0.15, 0.2) is 0 Å². The van der Waals surface area contributed by atoms with Gasteiger partial charge in [0.05, 0.1) is 12.2 Å². The summed E-state index contributed by atoms with van der Waals surface area (Å²) in [6, 6.07) is 0. The zero-order chi connectivity index (χ0) is 26.6. The van der Waals surface area contributed by atoms with Crippen LogP contribution < -0.4 is 0 Å². The van der Waals surface area contributed by atoms with Crippen molar-refractivity contribution in [3.63, 3.8) is 0 Å². The second-order valence-electron chi connectivity index (χ2n) is 14.9. The van der Waals surface area contributed by atoms with E-state index < -0.39 is 0 Å². The summed E-state index contributed by atoms with van der Waals surface area (Å²) in [5.41, 5.74) is 2.66. The van der Waals surface area contributed by atoms with Crippen molar-refractivity contribution in [2.45, 2.75) is 145 Å². The number of hydrogen-bond donors (Lipinski definition) is 0. The molecular weight excluding hydrogens is 436 g/mol. The molecule has 0 N–H and O–H groups in total. The van der Waals surface area contributed by atoms with Crippen molar-refractivity contribution in [1.29, 1.82) is 0 Å². The summed E-state index contributed by atoms with van der Waals surface area (Å²) in [7, 11) is 0. The molecule has 0 aromatic rings. The maximum Gasteiger partial charge on any atom is 0.0661 e. The Morgan fingerprint density at radius 3 is 2.50 bits per heavy atom. The zero-order valence-corrected chi connectivity index (χ0v) is 25.8. The van der Waals surface area contributed by atoms with Crippen LogP contribution in [0.5, 0.6) is 0 Å². The Hall–Kier alpha value is -0.560. The molecular formula is C35H62O. The van der Waals surface area contributed by atoms with Gasteiger partial charge in [-0.2, -0.15) is 0 Å². The SMILES string of the molecule is C/C=C\COC(C)(C)C1CC[C@]2(C)CCC[C@@]3(C)C(CC[C@@H]3C(C)CCCC(C)C)C(C)C/C=C\2C1. The average molecular weight is 499 g/mol. The highest BCUT2D eigenvalue weighted by atomic mass is 16.5. The largest absolute Gasteiger partial charge is 0.371 e. The third kappa shape index (κ3) is 6.90. The van der Waals surface area contributed by atoms with Gasteiger partial charge < -0.3 is 4.74 Å². The maximum atomic E-state index is 6.37. The molecule has 0 aromatic carbocycles. The van der Waals surface area contributed by atoms with E-state index >= 15 is 0 Å². The molecule has 2 fully saturated rings. The van der Waals surface area contributed by atoms with E-state index in [4.69, 9.17) is 4.74 Å². The molecule has 7 atom stereocenters. The number of ether oxygens (including phenoxy) is 1. The summed E-state index contributed by atoms with van der Waals surface area (Å²) >= 11 is 0. The summed E-state index contributed by atoms with van der Waals surface area (Å²) < 4.78 is 6.37. The van der Waals surface area contributed by atoms with Crippen molar-refractivity contribution < 1.29 is 4.74 Å². The van der Waals surface area contributed by atoms with Gasteiger partial charge in [0, 0.05) is 0 Å². The highest BCUT2D eigenvalue weighted by molar-refractivity contribution is 5.19. The fraction of sp³-hybridized carbons (Fsp3) is 0.886. The summed E-state index contributed by atoms with van der Waals surface area (Å²) in [6.07, 6.45) is 23.6. The molecule has 3 aliphatic carbocycles. The molecule has 1 heteroatoms. The van der Waals surface area contributed by atoms with E-state index in [2.05, 4.69) is 80.5 Å². The Morgan fingerprint density at radius 2 is 1.81 bits per heavy atom. The van der Waals surface area contributed by atoms with Crippen LogP contribution in [-0.2, 0) is 4.74 Å². The van der Waals surface area contributed by atoms with Crippen LogP contribution in [-0.4, -0.2) is 12.2 Å². The van der Waals surface area contributed by atoms with E-state index in [-0.39, 0.29) is 5.60 Å². The molecule has 1 nitrogen and oxygen atoms in total. The van der Waals surface area contributed by atoms with Gasteiger partial charge in [-0.05, 0) is 118 Å². The van der Waals surface area contributed by atoms with E-state index in [0.29, 0.717) is 16.7 Å². The van der Waals surface area contributed by atoms with Crippen LogP contribution in [0.2, 0.25) is 0 Å². The van der Waals surface area contributed by atoms with Crippen LogP contribution in [0.1, 0.15) is 139 Å². The molecule has 0 saturated heterocycles. The third-order valence-corrected chi connectivity index (χ3v) is 11.5. The lowest BCUT2D eigenvalue weighted by atomic mass is 9.58. The predicted molar refractivity (Wildman–Crippen MR) is 158 cm³/mol. The average Bonchev–Trinajstić information content (AvgIpc) is 3.14. The highest BCUT2D eigenvalue weighted by Crippen LogP contribution is 2.59. The van der Waals surface area contributed by atoms with Crippen molar-refractivity contribution in [2.24, 2.45) is 46.3 Å². The minimum atomic E-state index is -0.0500. The lowest BCUT2D eigenvalue weighted by Crippen LogP contribution is -2.41. The van der Waals surface area contributed by atoms with Gasteiger partial charge in [0.25, 0.3) is 0 Å². The molecule has 0 spiro atoms. The fourth-order valence-corrected chi connectivity index (χ4v) is 8.89. The molecule has 36 heavy (non-hydrogen) atoms. The van der Waals surface area contributed by atoms with Gasteiger partial charge in [-0.1, -0.05) is 91.0 Å². The molecule has 2 saturated carbocycles. The summed E-state index contributed by atoms with van der Waals surface area (Å²) in [4.78, 5) is 0. The maximum absolute atomic E-state index is 6.37. The molecule has 3 aliphatic rings. The van der Waals surface area contributed by atoms with Crippen LogP contribution >= 0.6 is 0 Å². The van der Waals surface area contributed by atoms with Crippen molar-refractivity contribution in [2.75, 3.05) is 6.61 Å². The van der Waals surface area contributed by atoms with Crippen LogP contribution in [0.25, 0.3) is 0 Å². The zero-order valence-electron chi connectivity index (χ0n) is 25.8. The van der Waals surface area contributed by atoms with Crippen LogP contribution in [0.4, 0.5) is 0 Å². The van der Waals surface area contributed by atoms with E-state index in [1.54, 1.807) is 5.57 Å². The lowest BCUT2D eigenvalue weighted by Gasteiger charge is -2.48. The first-order valence-electron chi connectivity index (χ1n) is 15.9. The summed E-state index contributed by atoms with van der Waals surface area (Å²) in [5, 5.41) is 0. The van der Waals surface area contributed by atoms with Crippen LogP contribution in [0.15, 0.2) is 23.8 Å². The number of fused-ring (bicyclic) bond motifs is 2. The molecule has 0 aromatic heterocycles. The standard InChI is InChI=1S/C35H62O/c1-10-11-24-36-33(6,7)29-20-23-34(8)21-13-22-35(9)31(27(4)15-12-14-26(2)3)18-19-32(35)28(5)16-17-30(34)25-29/h10-11,17,26-29,31-32H,12-16,18-25H2,1-9H3/b11-10-,30-17-/t27?,28?,29?,31-,32?,34+,35-/m1/s1. The fourth-order valence-electron chi connectivity index (χ4n) is 8.89. The van der Waals surface area contributed by atoms with E-state index in [9.17, 15) is 0 Å². The van der Waals surface area contributed by atoms with E-state index in [1.807, 2.05) is 0 Å². The monoisotopic (exact) mass is 498 g/mol. The van der Waals surface area contributed by atoms with E-state index in [1.165, 1.54) is 77.0 Å². The number of rotatable bonds is 9. The predicted octanol–water partition coefficient (Wildman–Crippen LogP) is 10.8. The smallest absolute Gasteiger partial charge is 0.0661 e. The quantitative estimate of drug-likeness (QED) is 0.287. The second-order valence-corrected chi connectivity index (χ2v) is 14.9.